The molecule has 2 aromatic carbocycles. The highest BCUT2D eigenvalue weighted by Gasteiger charge is 2.34. The van der Waals surface area contributed by atoms with Crippen LogP contribution in [-0.4, -0.2) is 23.9 Å². The van der Waals surface area contributed by atoms with Gasteiger partial charge >= 0.3 is 12.0 Å². The highest BCUT2D eigenvalue weighted by Crippen LogP contribution is 2.33. The number of benzene rings is 2. The van der Waals surface area contributed by atoms with Crippen LogP contribution in [0.3, 0.4) is 0 Å². The summed E-state index contributed by atoms with van der Waals surface area (Å²) in [4.78, 5) is 26.6. The molecule has 29 heavy (non-hydrogen) atoms. The Labute approximate surface area is 175 Å². The van der Waals surface area contributed by atoms with Crippen LogP contribution in [0.25, 0.3) is 5.70 Å². The zero-order chi connectivity index (χ0) is 20.8. The monoisotopic (exact) mass is 410 g/mol. The van der Waals surface area contributed by atoms with Gasteiger partial charge in [-0.15, -0.1) is 11.8 Å². The van der Waals surface area contributed by atoms with Gasteiger partial charge in [0.25, 0.3) is 0 Å². The molecule has 0 radical (unpaired) electrons. The molecule has 2 aromatic rings. The molecule has 5 nitrogen and oxygen atoms in total. The van der Waals surface area contributed by atoms with Crippen molar-refractivity contribution in [3.05, 3.63) is 71.3 Å². The zero-order valence-electron chi connectivity index (χ0n) is 16.9. The highest BCUT2D eigenvalue weighted by molar-refractivity contribution is 7.99. The van der Waals surface area contributed by atoms with Gasteiger partial charge in [-0.3, -0.25) is 0 Å². The average Bonchev–Trinajstić information content (AvgIpc) is 2.72. The molecule has 1 aliphatic rings. The Morgan fingerprint density at radius 3 is 2.41 bits per heavy atom. The second-order valence-electron chi connectivity index (χ2n) is 7.06. The first-order valence-corrected chi connectivity index (χ1v) is 10.8. The van der Waals surface area contributed by atoms with Crippen molar-refractivity contribution >= 4 is 29.5 Å². The Hall–Kier alpha value is -2.73. The van der Waals surface area contributed by atoms with Crippen LogP contribution in [0.4, 0.5) is 4.79 Å². The maximum absolute atomic E-state index is 13.0. The Bertz CT molecular complexity index is 892. The molecule has 1 atom stereocenters. The van der Waals surface area contributed by atoms with Gasteiger partial charge in [-0.2, -0.15) is 0 Å². The number of amides is 2. The number of nitrogens with one attached hydrogen (secondary N) is 2. The molecule has 0 aliphatic carbocycles. The first kappa shape index (κ1) is 21.0. The van der Waals surface area contributed by atoms with E-state index < -0.39 is 12.0 Å². The number of carbonyl (C=O) groups excluding carboxylic acids is 2. The van der Waals surface area contributed by atoms with Gasteiger partial charge in [0.2, 0.25) is 0 Å². The number of hydrogen-bond acceptors (Lipinski definition) is 4. The third-order valence-electron chi connectivity index (χ3n) is 4.38. The van der Waals surface area contributed by atoms with Crippen LogP contribution < -0.4 is 10.6 Å². The molecule has 0 fully saturated rings. The Morgan fingerprint density at radius 2 is 1.79 bits per heavy atom. The summed E-state index contributed by atoms with van der Waals surface area (Å²) in [6.45, 7) is 5.77. The van der Waals surface area contributed by atoms with Gasteiger partial charge < -0.3 is 15.4 Å². The fourth-order valence-electron chi connectivity index (χ4n) is 3.12. The topological polar surface area (TPSA) is 67.4 Å². The summed E-state index contributed by atoms with van der Waals surface area (Å²) in [6.07, 6.45) is 0.837. The van der Waals surface area contributed by atoms with Crippen LogP contribution in [0.2, 0.25) is 0 Å². The summed E-state index contributed by atoms with van der Waals surface area (Å²) in [5.41, 5.74) is 2.48. The molecule has 0 bridgehead atoms. The molecule has 0 saturated carbocycles. The van der Waals surface area contributed by atoms with Crippen LogP contribution in [0.15, 0.2) is 65.1 Å². The minimum absolute atomic E-state index is 0.266. The molecule has 6 heteroatoms. The van der Waals surface area contributed by atoms with Crippen molar-refractivity contribution in [3.8, 4) is 0 Å². The number of carbonyl (C=O) groups is 2. The Kier molecular flexibility index (Phi) is 6.99. The molecule has 152 valence electrons. The van der Waals surface area contributed by atoms with E-state index in [9.17, 15) is 9.59 Å². The van der Waals surface area contributed by atoms with E-state index in [0.717, 1.165) is 28.2 Å². The lowest BCUT2D eigenvalue weighted by atomic mass is 9.92. The van der Waals surface area contributed by atoms with Crippen LogP contribution in [0, 0.1) is 0 Å². The van der Waals surface area contributed by atoms with E-state index in [1.54, 1.807) is 11.8 Å². The average molecular weight is 411 g/mol. The maximum Gasteiger partial charge on any atom is 0.338 e. The van der Waals surface area contributed by atoms with Crippen molar-refractivity contribution in [1.29, 1.82) is 0 Å². The maximum atomic E-state index is 13.0. The quantitative estimate of drug-likeness (QED) is 0.503. The lowest BCUT2D eigenvalue weighted by molar-refractivity contribution is -0.143. The van der Waals surface area contributed by atoms with Gasteiger partial charge in [-0.25, -0.2) is 9.59 Å². The van der Waals surface area contributed by atoms with E-state index in [-0.39, 0.29) is 12.1 Å². The summed E-state index contributed by atoms with van der Waals surface area (Å²) in [5, 5.41) is 5.68. The van der Waals surface area contributed by atoms with Crippen LogP contribution in [0.5, 0.6) is 0 Å². The largest absolute Gasteiger partial charge is 0.459 e. The minimum Gasteiger partial charge on any atom is -0.459 e. The number of urea groups is 1. The summed E-state index contributed by atoms with van der Waals surface area (Å²) in [5.74, 6) is 0.605. The van der Waals surface area contributed by atoms with Crippen molar-refractivity contribution in [1.82, 2.24) is 10.6 Å². The van der Waals surface area contributed by atoms with E-state index in [4.69, 9.17) is 4.74 Å². The van der Waals surface area contributed by atoms with Gasteiger partial charge in [0, 0.05) is 4.90 Å². The van der Waals surface area contributed by atoms with E-state index in [1.165, 1.54) is 0 Å². The Morgan fingerprint density at radius 1 is 1.10 bits per heavy atom. The second-order valence-corrected chi connectivity index (χ2v) is 8.23. The van der Waals surface area contributed by atoms with Gasteiger partial charge in [0.05, 0.1) is 23.4 Å². The van der Waals surface area contributed by atoms with Gasteiger partial charge in [0.1, 0.15) is 0 Å². The fraction of sp³-hybridized carbons (Fsp3) is 0.304. The molecule has 3 rings (SSSR count). The van der Waals surface area contributed by atoms with Crippen LogP contribution >= 0.6 is 11.8 Å². The number of thioether (sulfide) groups is 1. The molecule has 1 aliphatic heterocycles. The van der Waals surface area contributed by atoms with E-state index >= 15 is 0 Å². The van der Waals surface area contributed by atoms with Crippen molar-refractivity contribution in [3.63, 3.8) is 0 Å². The lowest BCUT2D eigenvalue weighted by Gasteiger charge is -2.30. The molecule has 1 heterocycles. The number of rotatable bonds is 7. The number of esters is 1. The third-order valence-corrected chi connectivity index (χ3v) is 5.60. The predicted molar refractivity (Wildman–Crippen MR) is 116 cm³/mol. The van der Waals surface area contributed by atoms with E-state index in [1.807, 2.05) is 68.4 Å². The third kappa shape index (κ3) is 5.21. The van der Waals surface area contributed by atoms with Gasteiger partial charge in [-0.1, -0.05) is 49.4 Å². The number of ether oxygens (including phenoxy) is 1. The fourth-order valence-corrected chi connectivity index (χ4v) is 3.89. The van der Waals surface area contributed by atoms with Gasteiger partial charge in [-0.05, 0) is 49.3 Å². The predicted octanol–water partition coefficient (Wildman–Crippen LogP) is 4.91. The molecule has 2 amide bonds. The molecule has 0 aromatic heterocycles. The first-order valence-electron chi connectivity index (χ1n) is 9.80. The van der Waals surface area contributed by atoms with E-state index in [0.29, 0.717) is 11.3 Å². The second kappa shape index (κ2) is 9.65. The molecule has 0 saturated heterocycles. The lowest BCUT2D eigenvalue weighted by Crippen LogP contribution is -2.45. The van der Waals surface area contributed by atoms with Crippen LogP contribution in [0.1, 0.15) is 44.4 Å². The first-order chi connectivity index (χ1) is 14.0. The highest BCUT2D eigenvalue weighted by atomic mass is 32.2. The van der Waals surface area contributed by atoms with Crippen molar-refractivity contribution in [2.24, 2.45) is 0 Å². The van der Waals surface area contributed by atoms with E-state index in [2.05, 4.69) is 17.6 Å². The molecule has 0 spiro atoms. The molecule has 2 N–H and O–H groups in total. The summed E-state index contributed by atoms with van der Waals surface area (Å²) in [7, 11) is 0. The van der Waals surface area contributed by atoms with Crippen LogP contribution in [-0.2, 0) is 9.53 Å². The van der Waals surface area contributed by atoms with Gasteiger partial charge in [0.15, 0.2) is 0 Å². The summed E-state index contributed by atoms with van der Waals surface area (Å²) < 4.78 is 5.51. The summed E-state index contributed by atoms with van der Waals surface area (Å²) >= 11 is 1.79. The molecular weight excluding hydrogens is 384 g/mol. The zero-order valence-corrected chi connectivity index (χ0v) is 17.7. The van der Waals surface area contributed by atoms with Crippen molar-refractivity contribution < 1.29 is 14.3 Å². The molecular formula is C23H26N2O3S. The smallest absolute Gasteiger partial charge is 0.338 e. The SMILES string of the molecule is CCCSc1ccc(C2NC(=O)NC(c3ccccc3)=C2C(=O)OC(C)C)cc1. The van der Waals surface area contributed by atoms with Crippen molar-refractivity contribution in [2.45, 2.75) is 44.2 Å². The standard InChI is InChI=1S/C23H26N2O3S/c1-4-14-29-18-12-10-17(11-13-18)21-19(22(26)28-15(2)3)20(24-23(27)25-21)16-8-6-5-7-9-16/h5-13,15,21H,4,14H2,1-3H3,(H2,24,25,27). The minimum atomic E-state index is -0.588. The summed E-state index contributed by atoms with van der Waals surface area (Å²) in [6, 6.07) is 16.4. The van der Waals surface area contributed by atoms with Crippen molar-refractivity contribution in [2.75, 3.05) is 5.75 Å². The molecule has 1 unspecified atom stereocenters. The number of hydrogen-bond donors (Lipinski definition) is 2. The normalized spacial score (nSPS) is 16.4. The Balaban J connectivity index is 2.05.